The Hall–Kier alpha value is -10.4. The molecule has 0 saturated carbocycles. The highest BCUT2D eigenvalue weighted by atomic mass is 79.9. The molecule has 6 heterocycles. The smallest absolute Gasteiger partial charge is 0.254 e. The lowest BCUT2D eigenvalue weighted by Gasteiger charge is -2.36. The van der Waals surface area contributed by atoms with E-state index in [0.717, 1.165) is 107 Å². The highest BCUT2D eigenvalue weighted by Gasteiger charge is 2.32. The molecule has 6 aliphatic rings. The van der Waals surface area contributed by atoms with Gasteiger partial charge in [0.2, 0.25) is 23.6 Å². The molecule has 0 radical (unpaired) electrons. The van der Waals surface area contributed by atoms with E-state index < -0.39 is 0 Å². The van der Waals surface area contributed by atoms with Crippen molar-refractivity contribution in [1.29, 1.82) is 0 Å². The normalized spacial score (nSPS) is 15.8. The molecule has 8 aromatic carbocycles. The molecule has 2 aliphatic carbocycles. The quantitative estimate of drug-likeness (QED) is 0.0237. The van der Waals surface area contributed by atoms with Gasteiger partial charge in [-0.1, -0.05) is 225 Å². The summed E-state index contributed by atoms with van der Waals surface area (Å²) in [4.78, 5) is 130. The van der Waals surface area contributed by atoms with Crippen molar-refractivity contribution in [2.24, 2.45) is 0 Å². The van der Waals surface area contributed by atoms with Gasteiger partial charge in [-0.2, -0.15) is 0 Å². The first kappa shape index (κ1) is 97.2. The Balaban J connectivity index is 0.000000203. The van der Waals surface area contributed by atoms with Gasteiger partial charge in [-0.25, -0.2) is 0 Å². The van der Waals surface area contributed by atoms with Crippen molar-refractivity contribution in [3.63, 3.8) is 0 Å². The van der Waals surface area contributed by atoms with E-state index in [1.807, 2.05) is 180 Å². The van der Waals surface area contributed by atoms with Crippen LogP contribution in [0.1, 0.15) is 95.0 Å². The largest absolute Gasteiger partial charge is 0.362 e. The zero-order valence-corrected chi connectivity index (χ0v) is 82.5. The van der Waals surface area contributed by atoms with Crippen LogP contribution in [0.3, 0.4) is 0 Å². The molecular weight excluding hydrogens is 2000 g/mol. The molecule has 133 heavy (non-hydrogen) atoms. The van der Waals surface area contributed by atoms with Crippen molar-refractivity contribution in [1.82, 2.24) is 70.4 Å². The van der Waals surface area contributed by atoms with Crippen LogP contribution < -0.4 is 21.3 Å². The Labute approximate surface area is 823 Å². The van der Waals surface area contributed by atoms with Gasteiger partial charge in [0.25, 0.3) is 23.6 Å². The SMILES string of the molecule is Cc1ccc(/C=C/C2=C(C(=O)NCCN3CCN(C(=O)CCC(=O)N4CCN(CCNC(=O)c5c(/C=C/c6ccc(Cl)cc6)[nH]c6cc(Br)ccc56)CC4)CC3)c3ccc(Br)cc3C2)cc1.O=C(NCCN1CCN(C(=O)COCC(=O)N2CCN(CCNC(=O)c3c(/C=C/c4ccc(Cl)cc4)[nH]c4cc(Br)ccc34)CC2)CC1)C1=C(/C=C/c2ccc(Cl)cc2)Cc2cc(Br)ccc21. The summed E-state index contributed by atoms with van der Waals surface area (Å²) in [6.07, 6.45) is 17.6. The summed E-state index contributed by atoms with van der Waals surface area (Å²) < 4.78 is 9.43. The monoisotopic (exact) mass is 2100 g/mol. The van der Waals surface area contributed by atoms with Gasteiger partial charge < -0.3 is 55.6 Å². The van der Waals surface area contributed by atoms with Crippen LogP contribution in [0.5, 0.6) is 0 Å². The van der Waals surface area contributed by atoms with Crippen molar-refractivity contribution in [3.05, 3.63) is 299 Å². The minimum atomic E-state index is -0.166. The number of aryl methyl sites for hydroxylation is 1. The van der Waals surface area contributed by atoms with Crippen LogP contribution in [0.25, 0.3) is 69.4 Å². The number of fused-ring (bicyclic) bond motifs is 4. The number of amides is 8. The average molecular weight is 2110 g/mol. The number of nitrogens with one attached hydrogen (secondary N) is 6. The molecule has 0 spiro atoms. The topological polar surface area (TPSA) is 251 Å². The summed E-state index contributed by atoms with van der Waals surface area (Å²) in [7, 11) is 0. The molecule has 16 rings (SSSR count). The van der Waals surface area contributed by atoms with Gasteiger partial charge in [-0.15, -0.1) is 0 Å². The number of H-pyrrole nitrogens is 2. The molecule has 30 heteroatoms. The number of carbonyl (C=O) groups excluding carboxylic acids is 8. The van der Waals surface area contributed by atoms with E-state index in [2.05, 4.69) is 170 Å². The van der Waals surface area contributed by atoms with E-state index in [9.17, 15) is 38.4 Å². The molecular formula is C103H105Br4Cl3N14O9. The number of halogens is 7. The summed E-state index contributed by atoms with van der Waals surface area (Å²) in [5, 5.41) is 16.2. The number of benzene rings is 8. The Bertz CT molecular complexity index is 6120. The average Bonchev–Trinajstić information content (AvgIpc) is 1.65. The maximum Gasteiger partial charge on any atom is 0.254 e. The minimum absolute atomic E-state index is 0.00170. The molecule has 4 saturated heterocycles. The molecule has 8 amide bonds. The Kier molecular flexibility index (Phi) is 34.1. The molecule has 690 valence electrons. The summed E-state index contributed by atoms with van der Waals surface area (Å²) in [6, 6.07) is 54.7. The maximum absolute atomic E-state index is 13.7. The van der Waals surface area contributed by atoms with Crippen molar-refractivity contribution in [2.45, 2.75) is 32.6 Å². The third-order valence-electron chi connectivity index (χ3n) is 24.8. The second-order valence-electron chi connectivity index (χ2n) is 33.8. The van der Waals surface area contributed by atoms with E-state index in [1.165, 1.54) is 5.56 Å². The second-order valence-corrected chi connectivity index (χ2v) is 38.7. The first-order valence-corrected chi connectivity index (χ1v) is 49.2. The van der Waals surface area contributed by atoms with Gasteiger partial charge in [0, 0.05) is 225 Å². The lowest BCUT2D eigenvalue weighted by Crippen LogP contribution is -2.52. The number of hydrogen-bond acceptors (Lipinski definition) is 13. The number of nitrogens with zero attached hydrogens (tertiary/aromatic N) is 8. The number of allylic oxidation sites excluding steroid dienone is 4. The van der Waals surface area contributed by atoms with Crippen LogP contribution >= 0.6 is 98.5 Å². The number of carbonyl (C=O) groups is 8. The van der Waals surface area contributed by atoms with Crippen molar-refractivity contribution < 1.29 is 43.1 Å². The van der Waals surface area contributed by atoms with Gasteiger partial charge in [0.15, 0.2) is 0 Å². The molecule has 0 bridgehead atoms. The van der Waals surface area contributed by atoms with Gasteiger partial charge in [0.1, 0.15) is 13.2 Å². The van der Waals surface area contributed by atoms with Crippen LogP contribution in [-0.2, 0) is 46.3 Å². The van der Waals surface area contributed by atoms with Gasteiger partial charge >= 0.3 is 0 Å². The molecule has 6 N–H and O–H groups in total. The number of ether oxygens (including phenoxy) is 1. The van der Waals surface area contributed by atoms with E-state index in [-0.39, 0.29) is 73.3 Å². The fourth-order valence-corrected chi connectivity index (χ4v) is 19.3. The fourth-order valence-electron chi connectivity index (χ4n) is 17.4. The maximum atomic E-state index is 13.7. The van der Waals surface area contributed by atoms with Crippen LogP contribution in [-0.4, -0.2) is 267 Å². The Morgan fingerprint density at radius 2 is 0.639 bits per heavy atom. The third-order valence-corrected chi connectivity index (χ3v) is 27.6. The van der Waals surface area contributed by atoms with Gasteiger partial charge in [0.05, 0.1) is 33.7 Å². The summed E-state index contributed by atoms with van der Waals surface area (Å²) in [5.41, 5.74) is 17.0. The van der Waals surface area contributed by atoms with Crippen molar-refractivity contribution in [2.75, 3.05) is 170 Å². The van der Waals surface area contributed by atoms with E-state index in [0.29, 0.717) is 207 Å². The molecule has 23 nitrogen and oxygen atoms in total. The van der Waals surface area contributed by atoms with E-state index in [1.54, 1.807) is 9.80 Å². The van der Waals surface area contributed by atoms with Crippen molar-refractivity contribution >= 4 is 215 Å². The minimum Gasteiger partial charge on any atom is -0.362 e. The Morgan fingerprint density at radius 1 is 0.346 bits per heavy atom. The molecule has 4 fully saturated rings. The number of hydrogen-bond donors (Lipinski definition) is 6. The predicted octanol–water partition coefficient (Wildman–Crippen LogP) is 16.5. The highest BCUT2D eigenvalue weighted by molar-refractivity contribution is 9.11. The second kappa shape index (κ2) is 46.7. The number of piperazine rings is 4. The number of rotatable bonds is 31. The summed E-state index contributed by atoms with van der Waals surface area (Å²) in [5.74, 6) is -0.792. The first-order chi connectivity index (χ1) is 64.4. The zero-order chi connectivity index (χ0) is 93.0. The predicted molar refractivity (Wildman–Crippen MR) is 546 cm³/mol. The number of aromatic nitrogens is 2. The standard InChI is InChI=1S/C52H54Br2ClN7O4.C51H51Br2Cl2N7O5/c1-35-2-4-36(5-3-35)6-10-38-32-39-33-40(53)11-15-43(39)49(38)51(65)56-20-22-59-24-28-61(29-25-59)47(63)18-19-48(64)62-30-26-60(27-31-62)23-21-57-52(66)50-44-16-12-41(54)34-46(44)58-45(50)17-9-37-7-13-42(55)14-8-37;52-38-8-14-42-37(30-38)29-36(7-1-34-2-10-40(54)11-3-34)48(42)50(65)56-17-19-59-21-25-61(26-22-59)46(63)32-67-33-47(64)62-27-23-60(24-28-62)20-18-57-51(66)49-43-15-9-39(53)31-45(43)58-44(49)16-6-35-4-12-41(55)13-5-35/h2-17,33-34,58H,18-32H2,1H3,(H,56,65)(H,57,66);1-16,30-31,58H,17-29,32-33H2,(H,56,65)(H,57,66)/b10-6+,17-9+;7-1+,16-6+. The lowest BCUT2D eigenvalue weighted by atomic mass is 10.0. The molecule has 0 atom stereocenters. The van der Waals surface area contributed by atoms with Crippen LogP contribution in [0.15, 0.2) is 211 Å². The Morgan fingerprint density at radius 3 is 0.977 bits per heavy atom. The lowest BCUT2D eigenvalue weighted by molar-refractivity contribution is -0.144. The third kappa shape index (κ3) is 26.4. The van der Waals surface area contributed by atoms with E-state index >= 15 is 0 Å². The molecule has 0 unspecified atom stereocenters. The molecule has 4 aliphatic heterocycles. The van der Waals surface area contributed by atoms with Crippen LogP contribution in [0.4, 0.5) is 0 Å². The van der Waals surface area contributed by atoms with Crippen molar-refractivity contribution in [3.8, 4) is 0 Å². The molecule has 2 aromatic heterocycles. The first-order valence-electron chi connectivity index (χ1n) is 44.9. The fraction of sp³-hybridized carbons (Fsp3) is 0.301. The van der Waals surface area contributed by atoms with Gasteiger partial charge in [-0.05, 0) is 173 Å². The van der Waals surface area contributed by atoms with E-state index in [4.69, 9.17) is 39.5 Å². The molecule has 10 aromatic rings. The summed E-state index contributed by atoms with van der Waals surface area (Å²) >= 11 is 32.4. The zero-order valence-electron chi connectivity index (χ0n) is 73.9. The highest BCUT2D eigenvalue weighted by Crippen LogP contribution is 2.39. The number of aromatic amines is 2. The summed E-state index contributed by atoms with van der Waals surface area (Å²) in [6.45, 7) is 16.3. The van der Waals surface area contributed by atoms with Crippen LogP contribution in [0, 0.1) is 6.92 Å². The van der Waals surface area contributed by atoms with Gasteiger partial charge in [-0.3, -0.25) is 58.0 Å². The van der Waals surface area contributed by atoms with Crippen LogP contribution in [0.2, 0.25) is 15.1 Å².